The first kappa shape index (κ1) is 20.6. The minimum atomic E-state index is -3.63. The van der Waals surface area contributed by atoms with Gasteiger partial charge in [-0.2, -0.15) is 4.31 Å². The predicted octanol–water partition coefficient (Wildman–Crippen LogP) is 3.60. The summed E-state index contributed by atoms with van der Waals surface area (Å²) < 4.78 is 27.8. The van der Waals surface area contributed by atoms with Crippen molar-refractivity contribution in [1.29, 1.82) is 0 Å². The van der Waals surface area contributed by atoms with Crippen LogP contribution in [0.3, 0.4) is 0 Å². The monoisotopic (exact) mass is 422 g/mol. The van der Waals surface area contributed by atoms with Gasteiger partial charge < -0.3 is 5.32 Å². The Hall–Kier alpha value is -2.70. The summed E-state index contributed by atoms with van der Waals surface area (Å²) in [6, 6.07) is 22.9. The third kappa shape index (κ3) is 4.55. The van der Waals surface area contributed by atoms with Gasteiger partial charge in [0.05, 0.1) is 10.8 Å². The molecule has 1 atom stereocenters. The number of nitrogens with one attached hydrogen (secondary N) is 1. The highest BCUT2D eigenvalue weighted by Crippen LogP contribution is 2.26. The van der Waals surface area contributed by atoms with Crippen molar-refractivity contribution in [2.45, 2.75) is 24.2 Å². The van der Waals surface area contributed by atoms with Gasteiger partial charge in [-0.15, -0.1) is 0 Å². The number of sulfonamides is 1. The first-order valence-electron chi connectivity index (χ1n) is 10.3. The number of amides is 1. The molecular weight excluding hydrogens is 396 g/mol. The van der Waals surface area contributed by atoms with Gasteiger partial charge in [-0.1, -0.05) is 60.7 Å². The van der Waals surface area contributed by atoms with Crippen molar-refractivity contribution in [2.75, 3.05) is 19.6 Å². The molecule has 0 aromatic heterocycles. The molecule has 0 aliphatic carbocycles. The van der Waals surface area contributed by atoms with Crippen LogP contribution in [0.25, 0.3) is 10.8 Å². The van der Waals surface area contributed by atoms with Gasteiger partial charge in [0.2, 0.25) is 15.9 Å². The smallest absolute Gasteiger partial charge is 0.243 e. The highest BCUT2D eigenvalue weighted by molar-refractivity contribution is 7.89. The van der Waals surface area contributed by atoms with Crippen LogP contribution < -0.4 is 5.32 Å². The van der Waals surface area contributed by atoms with Crippen LogP contribution in [0, 0.1) is 5.92 Å². The quantitative estimate of drug-likeness (QED) is 0.660. The van der Waals surface area contributed by atoms with Gasteiger partial charge in [0.25, 0.3) is 0 Å². The Kier molecular flexibility index (Phi) is 6.16. The van der Waals surface area contributed by atoms with E-state index in [-0.39, 0.29) is 23.3 Å². The van der Waals surface area contributed by atoms with Crippen LogP contribution in [-0.2, 0) is 21.2 Å². The molecule has 156 valence electrons. The normalized spacial score (nSPS) is 17.7. The number of hydrogen-bond acceptors (Lipinski definition) is 3. The van der Waals surface area contributed by atoms with Gasteiger partial charge in [0, 0.05) is 19.6 Å². The molecule has 3 aromatic rings. The SMILES string of the molecule is O=C(NCCc1ccccc1)[C@@H]1CCCN(S(=O)(=O)c2ccc3ccccc3c2)C1. The van der Waals surface area contributed by atoms with Gasteiger partial charge in [-0.25, -0.2) is 8.42 Å². The van der Waals surface area contributed by atoms with E-state index >= 15 is 0 Å². The van der Waals surface area contributed by atoms with Crippen LogP contribution in [0.2, 0.25) is 0 Å². The zero-order chi connectivity index (χ0) is 21.0. The standard InChI is InChI=1S/C24H26N2O3S/c27-24(25-15-14-19-7-2-1-3-8-19)22-11-6-16-26(18-22)30(28,29)23-13-12-20-9-4-5-10-21(20)17-23/h1-5,7-10,12-13,17,22H,6,11,14-16,18H2,(H,25,27)/t22-/m1/s1. The van der Waals surface area contributed by atoms with E-state index in [0.29, 0.717) is 25.9 Å². The molecule has 1 aliphatic rings. The van der Waals surface area contributed by atoms with Gasteiger partial charge in [0.15, 0.2) is 0 Å². The van der Waals surface area contributed by atoms with Crippen LogP contribution in [0.4, 0.5) is 0 Å². The molecule has 1 N–H and O–H groups in total. The van der Waals surface area contributed by atoms with E-state index in [1.54, 1.807) is 12.1 Å². The fourth-order valence-corrected chi connectivity index (χ4v) is 5.53. The summed E-state index contributed by atoms with van der Waals surface area (Å²) in [4.78, 5) is 12.9. The first-order chi connectivity index (χ1) is 14.5. The van der Waals surface area contributed by atoms with Crippen molar-refractivity contribution in [1.82, 2.24) is 9.62 Å². The minimum Gasteiger partial charge on any atom is -0.355 e. The summed E-state index contributed by atoms with van der Waals surface area (Å²) in [7, 11) is -3.63. The van der Waals surface area contributed by atoms with Crippen LogP contribution >= 0.6 is 0 Å². The summed E-state index contributed by atoms with van der Waals surface area (Å²) in [6.45, 7) is 1.23. The molecule has 1 fully saturated rings. The molecule has 3 aromatic carbocycles. The Labute approximate surface area is 177 Å². The lowest BCUT2D eigenvalue weighted by molar-refractivity contribution is -0.126. The highest BCUT2D eigenvalue weighted by Gasteiger charge is 2.33. The van der Waals surface area contributed by atoms with Gasteiger partial charge in [-0.05, 0) is 47.7 Å². The second-order valence-electron chi connectivity index (χ2n) is 7.74. The van der Waals surface area contributed by atoms with Crippen molar-refractivity contribution < 1.29 is 13.2 Å². The lowest BCUT2D eigenvalue weighted by Crippen LogP contribution is -2.45. The second kappa shape index (κ2) is 8.98. The van der Waals surface area contributed by atoms with E-state index in [1.807, 2.05) is 60.7 Å². The lowest BCUT2D eigenvalue weighted by atomic mass is 9.99. The molecule has 6 heteroatoms. The van der Waals surface area contributed by atoms with Crippen molar-refractivity contribution in [3.05, 3.63) is 78.4 Å². The molecule has 0 radical (unpaired) electrons. The molecule has 1 heterocycles. The Morgan fingerprint density at radius 3 is 2.50 bits per heavy atom. The third-order valence-electron chi connectivity index (χ3n) is 5.67. The van der Waals surface area contributed by atoms with E-state index in [4.69, 9.17) is 0 Å². The maximum Gasteiger partial charge on any atom is 0.243 e. The summed E-state index contributed by atoms with van der Waals surface area (Å²) in [5, 5.41) is 4.88. The van der Waals surface area contributed by atoms with E-state index in [0.717, 1.165) is 17.2 Å². The number of carbonyl (C=O) groups excluding carboxylic acids is 1. The molecule has 5 nitrogen and oxygen atoms in total. The number of carbonyl (C=O) groups is 1. The number of rotatable bonds is 6. The van der Waals surface area contributed by atoms with Crippen LogP contribution in [0.15, 0.2) is 77.7 Å². The topological polar surface area (TPSA) is 66.5 Å². The first-order valence-corrected chi connectivity index (χ1v) is 11.8. The Morgan fingerprint density at radius 1 is 0.967 bits per heavy atom. The van der Waals surface area contributed by atoms with Crippen LogP contribution in [-0.4, -0.2) is 38.3 Å². The molecular formula is C24H26N2O3S. The van der Waals surface area contributed by atoms with E-state index in [9.17, 15) is 13.2 Å². The summed E-state index contributed by atoms with van der Waals surface area (Å²) in [6.07, 6.45) is 2.16. The number of hydrogen-bond donors (Lipinski definition) is 1. The van der Waals surface area contributed by atoms with E-state index in [1.165, 1.54) is 9.87 Å². The van der Waals surface area contributed by atoms with Crippen molar-refractivity contribution in [3.8, 4) is 0 Å². The van der Waals surface area contributed by atoms with Crippen molar-refractivity contribution >= 4 is 26.7 Å². The zero-order valence-electron chi connectivity index (χ0n) is 16.8. The molecule has 0 saturated carbocycles. The Balaban J connectivity index is 1.41. The molecule has 4 rings (SSSR count). The zero-order valence-corrected chi connectivity index (χ0v) is 17.6. The largest absolute Gasteiger partial charge is 0.355 e. The average molecular weight is 423 g/mol. The van der Waals surface area contributed by atoms with Crippen molar-refractivity contribution in [3.63, 3.8) is 0 Å². The Bertz CT molecular complexity index is 1130. The number of benzene rings is 3. The van der Waals surface area contributed by atoms with Crippen molar-refractivity contribution in [2.24, 2.45) is 5.92 Å². The fraction of sp³-hybridized carbons (Fsp3) is 0.292. The molecule has 0 unspecified atom stereocenters. The van der Waals surface area contributed by atoms with Crippen LogP contribution in [0.1, 0.15) is 18.4 Å². The third-order valence-corrected chi connectivity index (χ3v) is 7.53. The second-order valence-corrected chi connectivity index (χ2v) is 9.68. The molecule has 0 bridgehead atoms. The summed E-state index contributed by atoms with van der Waals surface area (Å²) in [5.74, 6) is -0.380. The van der Waals surface area contributed by atoms with Gasteiger partial charge in [-0.3, -0.25) is 4.79 Å². The maximum atomic E-state index is 13.2. The number of fused-ring (bicyclic) bond motifs is 1. The van der Waals surface area contributed by atoms with E-state index < -0.39 is 10.0 Å². The molecule has 1 saturated heterocycles. The minimum absolute atomic E-state index is 0.0654. The van der Waals surface area contributed by atoms with Crippen LogP contribution in [0.5, 0.6) is 0 Å². The molecule has 1 aliphatic heterocycles. The molecule has 1 amide bonds. The Morgan fingerprint density at radius 2 is 1.70 bits per heavy atom. The molecule has 30 heavy (non-hydrogen) atoms. The number of piperidine rings is 1. The predicted molar refractivity (Wildman–Crippen MR) is 119 cm³/mol. The van der Waals surface area contributed by atoms with Gasteiger partial charge in [0.1, 0.15) is 0 Å². The summed E-state index contributed by atoms with van der Waals surface area (Å²) in [5.41, 5.74) is 1.17. The lowest BCUT2D eigenvalue weighted by Gasteiger charge is -2.31. The average Bonchev–Trinajstić information content (AvgIpc) is 2.79. The summed E-state index contributed by atoms with van der Waals surface area (Å²) >= 11 is 0. The fourth-order valence-electron chi connectivity index (χ4n) is 3.97. The highest BCUT2D eigenvalue weighted by atomic mass is 32.2. The maximum absolute atomic E-state index is 13.2. The molecule has 0 spiro atoms. The van der Waals surface area contributed by atoms with E-state index in [2.05, 4.69) is 5.32 Å². The number of nitrogens with zero attached hydrogens (tertiary/aromatic N) is 1. The van der Waals surface area contributed by atoms with Gasteiger partial charge >= 0.3 is 0 Å².